The molecule has 184 valence electrons. The van der Waals surface area contributed by atoms with Crippen LogP contribution in [0.4, 0.5) is 0 Å². The zero-order valence-corrected chi connectivity index (χ0v) is 20.7. The number of imidazole rings is 1. The van der Waals surface area contributed by atoms with Gasteiger partial charge < -0.3 is 14.8 Å². The molecule has 0 radical (unpaired) electrons. The van der Waals surface area contributed by atoms with Crippen molar-refractivity contribution >= 4 is 17.5 Å². The van der Waals surface area contributed by atoms with E-state index in [4.69, 9.17) is 9.47 Å². The maximum Gasteiger partial charge on any atom is 0.311 e. The van der Waals surface area contributed by atoms with Crippen LogP contribution in [0.25, 0.3) is 5.65 Å². The van der Waals surface area contributed by atoms with Gasteiger partial charge in [0.15, 0.2) is 11.4 Å². The molecule has 2 atom stereocenters. The Morgan fingerprint density at radius 1 is 1.14 bits per heavy atom. The fourth-order valence-electron chi connectivity index (χ4n) is 5.65. The number of aromatic nitrogens is 2. The van der Waals surface area contributed by atoms with E-state index in [-0.39, 0.29) is 11.9 Å². The molecule has 0 spiro atoms. The number of carbonyl (C=O) groups excluding carboxylic acids is 2. The highest BCUT2D eigenvalue weighted by molar-refractivity contribution is 5.95. The molecule has 0 aliphatic heterocycles. The van der Waals surface area contributed by atoms with Crippen molar-refractivity contribution in [3.8, 4) is 5.75 Å². The average Bonchev–Trinajstić information content (AvgIpc) is 3.39. The van der Waals surface area contributed by atoms with Gasteiger partial charge in [-0.25, -0.2) is 4.98 Å². The van der Waals surface area contributed by atoms with Gasteiger partial charge in [0, 0.05) is 6.20 Å². The van der Waals surface area contributed by atoms with Gasteiger partial charge in [-0.1, -0.05) is 43.0 Å². The number of esters is 1. The van der Waals surface area contributed by atoms with Crippen molar-refractivity contribution in [3.63, 3.8) is 0 Å². The lowest BCUT2D eigenvalue weighted by atomic mass is 9.90. The Kier molecular flexibility index (Phi) is 6.50. The largest absolute Gasteiger partial charge is 0.489 e. The van der Waals surface area contributed by atoms with E-state index in [0.717, 1.165) is 16.7 Å². The van der Waals surface area contributed by atoms with Crippen LogP contribution in [0.1, 0.15) is 71.0 Å². The Hall–Kier alpha value is -3.35. The number of pyridine rings is 1. The van der Waals surface area contributed by atoms with Crippen molar-refractivity contribution < 1.29 is 19.1 Å². The summed E-state index contributed by atoms with van der Waals surface area (Å²) in [6.07, 6.45) is 8.62. The number of rotatable bonds is 6. The van der Waals surface area contributed by atoms with E-state index in [1.807, 2.05) is 44.3 Å². The Labute approximate surface area is 205 Å². The second-order valence-electron chi connectivity index (χ2n) is 9.91. The molecule has 0 bridgehead atoms. The fraction of sp³-hybridized carbons (Fsp3) is 0.464. The van der Waals surface area contributed by atoms with E-state index in [1.54, 1.807) is 4.40 Å². The molecule has 2 heterocycles. The first-order chi connectivity index (χ1) is 17.0. The van der Waals surface area contributed by atoms with E-state index < -0.39 is 12.0 Å². The van der Waals surface area contributed by atoms with Gasteiger partial charge in [0.1, 0.15) is 5.69 Å². The molecule has 1 fully saturated rings. The smallest absolute Gasteiger partial charge is 0.311 e. The molecule has 3 aromatic rings. The Morgan fingerprint density at radius 2 is 1.94 bits per heavy atom. The number of fused-ring (bicyclic) bond motifs is 2. The monoisotopic (exact) mass is 475 g/mol. The van der Waals surface area contributed by atoms with Crippen LogP contribution in [0.15, 0.2) is 36.5 Å². The number of carbonyl (C=O) groups is 2. The van der Waals surface area contributed by atoms with Crippen molar-refractivity contribution in [2.24, 2.45) is 11.8 Å². The fourth-order valence-corrected chi connectivity index (χ4v) is 5.65. The van der Waals surface area contributed by atoms with E-state index >= 15 is 0 Å². The number of hydrogen-bond donors (Lipinski definition) is 1. The van der Waals surface area contributed by atoms with Gasteiger partial charge in [0.25, 0.3) is 5.91 Å². The molecule has 35 heavy (non-hydrogen) atoms. The van der Waals surface area contributed by atoms with Crippen molar-refractivity contribution in [2.75, 3.05) is 13.7 Å². The second kappa shape index (κ2) is 9.72. The average molecular weight is 476 g/mol. The molecule has 2 aromatic heterocycles. The number of methoxy groups -OCH3 is 1. The number of nitrogens with zero attached hydrogens (tertiary/aromatic N) is 2. The van der Waals surface area contributed by atoms with Crippen LogP contribution in [0.3, 0.4) is 0 Å². The van der Waals surface area contributed by atoms with E-state index in [2.05, 4.69) is 16.4 Å². The molecule has 7 heteroatoms. The number of nitrogens with one attached hydrogen (secondary N) is 1. The third kappa shape index (κ3) is 4.51. The summed E-state index contributed by atoms with van der Waals surface area (Å²) in [5, 5.41) is 3.12. The summed E-state index contributed by atoms with van der Waals surface area (Å²) in [4.78, 5) is 30.8. The molecule has 5 rings (SSSR count). The molecule has 1 aromatic carbocycles. The number of ether oxygens (including phenoxy) is 2. The Morgan fingerprint density at radius 3 is 2.71 bits per heavy atom. The summed E-state index contributed by atoms with van der Waals surface area (Å²) in [5.74, 6) is 0.206. The highest BCUT2D eigenvalue weighted by Crippen LogP contribution is 2.38. The van der Waals surface area contributed by atoms with Gasteiger partial charge in [0.05, 0.1) is 31.4 Å². The van der Waals surface area contributed by atoms with Gasteiger partial charge in [0.2, 0.25) is 0 Å². The quantitative estimate of drug-likeness (QED) is 0.522. The first-order valence-corrected chi connectivity index (χ1v) is 12.5. The number of benzene rings is 1. The lowest BCUT2D eigenvalue weighted by Gasteiger charge is -2.21. The molecule has 0 unspecified atom stereocenters. The summed E-state index contributed by atoms with van der Waals surface area (Å²) in [6.45, 7) is 4.53. The van der Waals surface area contributed by atoms with Crippen LogP contribution in [0.2, 0.25) is 0 Å². The second-order valence-corrected chi connectivity index (χ2v) is 9.91. The van der Waals surface area contributed by atoms with E-state index in [1.165, 1.54) is 39.2 Å². The van der Waals surface area contributed by atoms with Crippen LogP contribution < -0.4 is 10.1 Å². The molecule has 7 nitrogen and oxygen atoms in total. The zero-order valence-electron chi connectivity index (χ0n) is 20.7. The van der Waals surface area contributed by atoms with Crippen LogP contribution in [-0.2, 0) is 16.0 Å². The highest BCUT2D eigenvalue weighted by Gasteiger charge is 2.39. The van der Waals surface area contributed by atoms with Crippen molar-refractivity contribution in [1.82, 2.24) is 14.7 Å². The third-order valence-corrected chi connectivity index (χ3v) is 7.47. The van der Waals surface area contributed by atoms with Gasteiger partial charge in [-0.2, -0.15) is 0 Å². The van der Waals surface area contributed by atoms with Crippen molar-refractivity contribution in [1.29, 1.82) is 0 Å². The minimum absolute atomic E-state index is 0.272. The van der Waals surface area contributed by atoms with Crippen molar-refractivity contribution in [2.45, 2.75) is 58.4 Å². The number of hydrogen-bond acceptors (Lipinski definition) is 5. The number of aryl methyl sites for hydroxylation is 2. The normalized spacial score (nSPS) is 20.0. The minimum Gasteiger partial charge on any atom is -0.489 e. The molecule has 1 saturated carbocycles. The molecule has 1 amide bonds. The maximum atomic E-state index is 13.6. The van der Waals surface area contributed by atoms with Gasteiger partial charge >= 0.3 is 5.97 Å². The highest BCUT2D eigenvalue weighted by atomic mass is 16.5. The first-order valence-electron chi connectivity index (χ1n) is 12.5. The molecular formula is C28H33N3O4. The molecule has 2 aliphatic carbocycles. The predicted molar refractivity (Wildman–Crippen MR) is 133 cm³/mol. The van der Waals surface area contributed by atoms with E-state index in [0.29, 0.717) is 41.7 Å². The summed E-state index contributed by atoms with van der Waals surface area (Å²) in [5.41, 5.74) is 4.86. The van der Waals surface area contributed by atoms with Gasteiger partial charge in [-0.15, -0.1) is 0 Å². The first kappa shape index (κ1) is 23.4. The standard InChI is InChI=1S/C28H33N3O4/c1-17-11-12-21-20(14-17)15-22(28(33)34-3)24(21)30-27(32)25-18(2)29-26-23(10-7-13-31(25)26)35-16-19-8-5-4-6-9-19/h7,10-14,19,22,24H,4-6,8-9,15-16H2,1-3H3,(H,30,32)/t22-,24+/m1/s1. The van der Waals surface area contributed by atoms with E-state index in [9.17, 15) is 9.59 Å². The van der Waals surface area contributed by atoms with Crippen LogP contribution in [0, 0.1) is 25.7 Å². The van der Waals surface area contributed by atoms with Crippen molar-refractivity contribution in [3.05, 3.63) is 64.6 Å². The lowest BCUT2D eigenvalue weighted by Crippen LogP contribution is -2.36. The molecule has 1 N–H and O–H groups in total. The minimum atomic E-state index is -0.463. The van der Waals surface area contributed by atoms with Crippen LogP contribution >= 0.6 is 0 Å². The summed E-state index contributed by atoms with van der Waals surface area (Å²) >= 11 is 0. The zero-order chi connectivity index (χ0) is 24.5. The van der Waals surface area contributed by atoms with Gasteiger partial charge in [-0.05, 0) is 62.3 Å². The molecular weight excluding hydrogens is 442 g/mol. The summed E-state index contributed by atoms with van der Waals surface area (Å²) in [7, 11) is 1.39. The van der Waals surface area contributed by atoms with Crippen LogP contribution in [-0.4, -0.2) is 35.0 Å². The Bertz CT molecular complexity index is 1260. The summed E-state index contributed by atoms with van der Waals surface area (Å²) in [6, 6.07) is 9.42. The van der Waals surface area contributed by atoms with Crippen LogP contribution in [0.5, 0.6) is 5.75 Å². The molecule has 2 aliphatic rings. The maximum absolute atomic E-state index is 13.6. The Balaban J connectivity index is 1.41. The third-order valence-electron chi connectivity index (χ3n) is 7.47. The lowest BCUT2D eigenvalue weighted by molar-refractivity contribution is -0.146. The summed E-state index contributed by atoms with van der Waals surface area (Å²) < 4.78 is 13.0. The predicted octanol–water partition coefficient (Wildman–Crippen LogP) is 4.73. The molecule has 0 saturated heterocycles. The van der Waals surface area contributed by atoms with Gasteiger partial charge in [-0.3, -0.25) is 14.0 Å². The SMILES string of the molecule is COC(=O)[C@@H]1Cc2cc(C)ccc2[C@@H]1NC(=O)c1c(C)nc2c(OCC3CCCCC3)cccn12. The number of amides is 1. The topological polar surface area (TPSA) is 81.9 Å².